The number of halogens is 3. The first-order valence-electron chi connectivity index (χ1n) is 4.92. The zero-order valence-electron chi connectivity index (χ0n) is 9.05. The van der Waals surface area contributed by atoms with Crippen molar-refractivity contribution >= 4 is 5.69 Å². The van der Waals surface area contributed by atoms with E-state index in [1.165, 1.54) is 12.1 Å². The van der Waals surface area contributed by atoms with Gasteiger partial charge in [-0.05, 0) is 38.1 Å². The summed E-state index contributed by atoms with van der Waals surface area (Å²) in [4.78, 5) is 0. The van der Waals surface area contributed by atoms with Gasteiger partial charge in [0, 0.05) is 11.7 Å². The standard InChI is InChI=1S/C11H14F3NO/c1-7(8(2)16)15-10-5-3-9(4-6-10)11(12,13)14/h3-8,15-16H,1-2H3. The summed E-state index contributed by atoms with van der Waals surface area (Å²) in [7, 11) is 0. The fourth-order valence-electron chi connectivity index (χ4n) is 1.14. The Balaban J connectivity index is 2.72. The molecule has 0 radical (unpaired) electrons. The number of alkyl halides is 3. The highest BCUT2D eigenvalue weighted by molar-refractivity contribution is 5.46. The summed E-state index contributed by atoms with van der Waals surface area (Å²) in [5.74, 6) is 0. The van der Waals surface area contributed by atoms with Crippen LogP contribution in [0, 0.1) is 0 Å². The van der Waals surface area contributed by atoms with Crippen molar-refractivity contribution in [2.45, 2.75) is 32.2 Å². The van der Waals surface area contributed by atoms with E-state index in [0.29, 0.717) is 5.69 Å². The molecular weight excluding hydrogens is 219 g/mol. The lowest BCUT2D eigenvalue weighted by Gasteiger charge is -2.18. The molecular formula is C11H14F3NO. The van der Waals surface area contributed by atoms with E-state index in [4.69, 9.17) is 0 Å². The second-order valence-corrected chi connectivity index (χ2v) is 3.75. The monoisotopic (exact) mass is 233 g/mol. The lowest BCUT2D eigenvalue weighted by molar-refractivity contribution is -0.137. The fraction of sp³-hybridized carbons (Fsp3) is 0.455. The normalized spacial score (nSPS) is 15.6. The number of aliphatic hydroxyl groups is 1. The lowest BCUT2D eigenvalue weighted by atomic mass is 10.1. The van der Waals surface area contributed by atoms with Crippen molar-refractivity contribution < 1.29 is 18.3 Å². The van der Waals surface area contributed by atoms with Crippen LogP contribution in [0.4, 0.5) is 18.9 Å². The van der Waals surface area contributed by atoms with Gasteiger partial charge in [-0.2, -0.15) is 13.2 Å². The molecule has 0 saturated heterocycles. The Labute approximate surface area is 92.1 Å². The molecule has 0 spiro atoms. The van der Waals surface area contributed by atoms with E-state index in [-0.39, 0.29) is 6.04 Å². The third-order valence-electron chi connectivity index (χ3n) is 2.33. The quantitative estimate of drug-likeness (QED) is 0.841. The summed E-state index contributed by atoms with van der Waals surface area (Å²) in [5.41, 5.74) is -0.121. The van der Waals surface area contributed by atoms with Gasteiger partial charge in [0.25, 0.3) is 0 Å². The van der Waals surface area contributed by atoms with Crippen LogP contribution >= 0.6 is 0 Å². The van der Waals surface area contributed by atoms with Crippen molar-refractivity contribution in [3.05, 3.63) is 29.8 Å². The van der Waals surface area contributed by atoms with Crippen molar-refractivity contribution in [3.8, 4) is 0 Å². The van der Waals surface area contributed by atoms with Crippen molar-refractivity contribution in [1.29, 1.82) is 0 Å². The molecule has 0 amide bonds. The molecule has 0 aliphatic rings. The Kier molecular flexibility index (Phi) is 3.80. The minimum atomic E-state index is -4.31. The van der Waals surface area contributed by atoms with E-state index in [9.17, 15) is 18.3 Å². The van der Waals surface area contributed by atoms with Crippen LogP contribution in [0.15, 0.2) is 24.3 Å². The van der Waals surface area contributed by atoms with Gasteiger partial charge < -0.3 is 10.4 Å². The molecule has 2 atom stereocenters. The first kappa shape index (κ1) is 12.8. The molecule has 1 rings (SSSR count). The third kappa shape index (κ3) is 3.41. The predicted molar refractivity (Wildman–Crippen MR) is 56.2 cm³/mol. The molecule has 1 aromatic rings. The molecule has 2 nitrogen and oxygen atoms in total. The van der Waals surface area contributed by atoms with E-state index in [1.807, 2.05) is 0 Å². The van der Waals surface area contributed by atoms with E-state index >= 15 is 0 Å². The average molecular weight is 233 g/mol. The maximum Gasteiger partial charge on any atom is 0.416 e. The van der Waals surface area contributed by atoms with Crippen LogP contribution in [0.1, 0.15) is 19.4 Å². The van der Waals surface area contributed by atoms with Gasteiger partial charge in [0.15, 0.2) is 0 Å². The number of benzene rings is 1. The van der Waals surface area contributed by atoms with Gasteiger partial charge in [-0.25, -0.2) is 0 Å². The van der Waals surface area contributed by atoms with Gasteiger partial charge in [0.2, 0.25) is 0 Å². The van der Waals surface area contributed by atoms with Crippen LogP contribution in [0.3, 0.4) is 0 Å². The first-order chi connectivity index (χ1) is 7.30. The maximum absolute atomic E-state index is 12.2. The number of anilines is 1. The molecule has 2 unspecified atom stereocenters. The largest absolute Gasteiger partial charge is 0.416 e. The van der Waals surface area contributed by atoms with Crippen LogP contribution in [0.5, 0.6) is 0 Å². The second-order valence-electron chi connectivity index (χ2n) is 3.75. The average Bonchev–Trinajstić information content (AvgIpc) is 2.17. The molecule has 0 aliphatic heterocycles. The molecule has 5 heteroatoms. The van der Waals surface area contributed by atoms with Crippen molar-refractivity contribution in [2.75, 3.05) is 5.32 Å². The van der Waals surface area contributed by atoms with Gasteiger partial charge in [-0.3, -0.25) is 0 Å². The van der Waals surface area contributed by atoms with Gasteiger partial charge in [-0.1, -0.05) is 0 Å². The highest BCUT2D eigenvalue weighted by atomic mass is 19.4. The van der Waals surface area contributed by atoms with Gasteiger partial charge in [0.1, 0.15) is 0 Å². The number of aliphatic hydroxyl groups excluding tert-OH is 1. The van der Waals surface area contributed by atoms with Crippen molar-refractivity contribution in [3.63, 3.8) is 0 Å². The van der Waals surface area contributed by atoms with E-state index < -0.39 is 17.8 Å². The smallest absolute Gasteiger partial charge is 0.391 e. The Morgan fingerprint density at radius 1 is 1.12 bits per heavy atom. The third-order valence-corrected chi connectivity index (χ3v) is 2.33. The SMILES string of the molecule is CC(O)C(C)Nc1ccc(C(F)(F)F)cc1. The van der Waals surface area contributed by atoms with Crippen LogP contribution in [-0.2, 0) is 6.18 Å². The van der Waals surface area contributed by atoms with Gasteiger partial charge in [-0.15, -0.1) is 0 Å². The zero-order valence-corrected chi connectivity index (χ0v) is 9.05. The zero-order chi connectivity index (χ0) is 12.3. The Bertz CT molecular complexity index is 332. The van der Waals surface area contributed by atoms with Crippen LogP contribution in [0.25, 0.3) is 0 Å². The molecule has 90 valence electrons. The van der Waals surface area contributed by atoms with E-state index in [0.717, 1.165) is 12.1 Å². The summed E-state index contributed by atoms with van der Waals surface area (Å²) in [5, 5.41) is 12.1. The topological polar surface area (TPSA) is 32.3 Å². The van der Waals surface area contributed by atoms with Crippen molar-refractivity contribution in [2.24, 2.45) is 0 Å². The van der Waals surface area contributed by atoms with Crippen LogP contribution in [0.2, 0.25) is 0 Å². The fourth-order valence-corrected chi connectivity index (χ4v) is 1.14. The summed E-state index contributed by atoms with van der Waals surface area (Å²) in [6.45, 7) is 3.37. The molecule has 0 fully saturated rings. The van der Waals surface area contributed by atoms with E-state index in [1.54, 1.807) is 13.8 Å². The summed E-state index contributed by atoms with van der Waals surface area (Å²) < 4.78 is 36.7. The van der Waals surface area contributed by atoms with Crippen LogP contribution < -0.4 is 5.32 Å². The summed E-state index contributed by atoms with van der Waals surface area (Å²) in [6, 6.07) is 4.51. The highest BCUT2D eigenvalue weighted by Gasteiger charge is 2.29. The Hall–Kier alpha value is -1.23. The highest BCUT2D eigenvalue weighted by Crippen LogP contribution is 2.29. The predicted octanol–water partition coefficient (Wildman–Crippen LogP) is 2.89. The summed E-state index contributed by atoms with van der Waals surface area (Å²) in [6.07, 6.45) is -4.88. The van der Waals surface area contributed by atoms with Crippen LogP contribution in [-0.4, -0.2) is 17.3 Å². The molecule has 0 aliphatic carbocycles. The van der Waals surface area contributed by atoms with Gasteiger partial charge >= 0.3 is 6.18 Å². The second kappa shape index (κ2) is 4.74. The first-order valence-corrected chi connectivity index (χ1v) is 4.92. The summed E-state index contributed by atoms with van der Waals surface area (Å²) >= 11 is 0. The molecule has 1 aromatic carbocycles. The van der Waals surface area contributed by atoms with Gasteiger partial charge in [0.05, 0.1) is 11.7 Å². The Morgan fingerprint density at radius 2 is 1.62 bits per heavy atom. The number of rotatable bonds is 3. The minimum absolute atomic E-state index is 0.211. The molecule has 2 N–H and O–H groups in total. The Morgan fingerprint density at radius 3 is 2.00 bits per heavy atom. The maximum atomic E-state index is 12.2. The molecule has 0 aromatic heterocycles. The van der Waals surface area contributed by atoms with E-state index in [2.05, 4.69) is 5.32 Å². The number of hydrogen-bond donors (Lipinski definition) is 2. The van der Waals surface area contributed by atoms with Crippen molar-refractivity contribution in [1.82, 2.24) is 0 Å². The molecule has 0 bridgehead atoms. The lowest BCUT2D eigenvalue weighted by Crippen LogP contribution is -2.27. The molecule has 16 heavy (non-hydrogen) atoms. The minimum Gasteiger partial charge on any atom is -0.391 e. The number of hydrogen-bond acceptors (Lipinski definition) is 2. The number of nitrogens with one attached hydrogen (secondary N) is 1. The molecule has 0 heterocycles. The molecule has 0 saturated carbocycles.